The van der Waals surface area contributed by atoms with E-state index in [0.717, 1.165) is 53.6 Å². The van der Waals surface area contributed by atoms with E-state index in [9.17, 15) is 0 Å². The highest BCUT2D eigenvalue weighted by molar-refractivity contribution is 5.94. The first kappa shape index (κ1) is 17.7. The molecule has 5 rings (SSSR count). The number of anilines is 1. The molecule has 1 saturated heterocycles. The van der Waals surface area contributed by atoms with E-state index < -0.39 is 0 Å². The van der Waals surface area contributed by atoms with E-state index in [4.69, 9.17) is 9.47 Å². The van der Waals surface area contributed by atoms with Gasteiger partial charge in [-0.05, 0) is 37.1 Å². The minimum atomic E-state index is 0.330. The SMILES string of the molecule is COc1cc2cnnc(N3CCC(n4nnc5ccccc54)CC3)c2cc1OC. The lowest BCUT2D eigenvalue weighted by molar-refractivity contribution is 0.355. The number of nitrogens with zero attached hydrogens (tertiary/aromatic N) is 6. The number of aromatic nitrogens is 5. The van der Waals surface area contributed by atoms with E-state index in [1.54, 1.807) is 20.4 Å². The fourth-order valence-electron chi connectivity index (χ4n) is 4.11. The average molecular weight is 390 g/mol. The van der Waals surface area contributed by atoms with Gasteiger partial charge in [-0.1, -0.05) is 17.3 Å². The fraction of sp³-hybridized carbons (Fsp3) is 0.333. The Hall–Kier alpha value is -3.42. The minimum absolute atomic E-state index is 0.330. The summed E-state index contributed by atoms with van der Waals surface area (Å²) >= 11 is 0. The maximum Gasteiger partial charge on any atom is 0.161 e. The molecule has 0 bridgehead atoms. The molecule has 1 fully saturated rings. The first-order chi connectivity index (χ1) is 14.3. The standard InChI is InChI=1S/C21H22N6O2/c1-28-19-11-14-13-22-24-21(16(14)12-20(19)29-2)26-9-7-15(8-10-26)27-18-6-4-3-5-17(18)23-25-27/h3-6,11-13,15H,7-10H2,1-2H3. The summed E-state index contributed by atoms with van der Waals surface area (Å²) in [5.74, 6) is 2.26. The fourth-order valence-corrected chi connectivity index (χ4v) is 4.11. The number of ether oxygens (including phenoxy) is 2. The van der Waals surface area contributed by atoms with Gasteiger partial charge in [0.05, 0.1) is 32.0 Å². The number of hydrogen-bond donors (Lipinski definition) is 0. The number of rotatable bonds is 4. The monoisotopic (exact) mass is 390 g/mol. The number of benzene rings is 2. The molecule has 8 heteroatoms. The first-order valence-electron chi connectivity index (χ1n) is 9.71. The van der Waals surface area contributed by atoms with Crippen LogP contribution in [0.3, 0.4) is 0 Å². The van der Waals surface area contributed by atoms with Gasteiger partial charge in [-0.2, -0.15) is 5.10 Å². The second-order valence-electron chi connectivity index (χ2n) is 7.20. The van der Waals surface area contributed by atoms with Crippen molar-refractivity contribution in [1.29, 1.82) is 0 Å². The van der Waals surface area contributed by atoms with E-state index in [2.05, 4.69) is 36.2 Å². The van der Waals surface area contributed by atoms with Crippen molar-refractivity contribution in [3.05, 3.63) is 42.6 Å². The third-order valence-electron chi connectivity index (χ3n) is 5.63. The summed E-state index contributed by atoms with van der Waals surface area (Å²) in [4.78, 5) is 2.29. The van der Waals surface area contributed by atoms with Crippen LogP contribution in [0.4, 0.5) is 5.82 Å². The lowest BCUT2D eigenvalue weighted by atomic mass is 10.0. The number of hydrogen-bond acceptors (Lipinski definition) is 7. The van der Waals surface area contributed by atoms with Crippen molar-refractivity contribution in [3.63, 3.8) is 0 Å². The molecule has 0 N–H and O–H groups in total. The smallest absolute Gasteiger partial charge is 0.161 e. The molecule has 0 aliphatic carbocycles. The minimum Gasteiger partial charge on any atom is -0.493 e. The van der Waals surface area contributed by atoms with Gasteiger partial charge in [0.25, 0.3) is 0 Å². The quantitative estimate of drug-likeness (QED) is 0.529. The number of para-hydroxylation sites is 1. The van der Waals surface area contributed by atoms with Gasteiger partial charge in [-0.25, -0.2) is 4.68 Å². The highest BCUT2D eigenvalue weighted by Gasteiger charge is 2.25. The van der Waals surface area contributed by atoms with Gasteiger partial charge < -0.3 is 14.4 Å². The normalized spacial score (nSPS) is 15.2. The molecule has 8 nitrogen and oxygen atoms in total. The summed E-state index contributed by atoms with van der Waals surface area (Å²) in [6, 6.07) is 12.4. The van der Waals surface area contributed by atoms with E-state index in [0.29, 0.717) is 17.5 Å². The van der Waals surface area contributed by atoms with Crippen molar-refractivity contribution in [1.82, 2.24) is 25.2 Å². The maximum atomic E-state index is 5.48. The van der Waals surface area contributed by atoms with Gasteiger partial charge in [-0.15, -0.1) is 10.2 Å². The summed E-state index contributed by atoms with van der Waals surface area (Å²) in [6.07, 6.45) is 3.70. The Morgan fingerprint density at radius 3 is 2.52 bits per heavy atom. The summed E-state index contributed by atoms with van der Waals surface area (Å²) in [5, 5.41) is 19.4. The zero-order valence-electron chi connectivity index (χ0n) is 16.4. The van der Waals surface area contributed by atoms with Crippen LogP contribution in [0, 0.1) is 0 Å². The lowest BCUT2D eigenvalue weighted by Gasteiger charge is -2.33. The lowest BCUT2D eigenvalue weighted by Crippen LogP contribution is -2.35. The van der Waals surface area contributed by atoms with Gasteiger partial charge in [0.15, 0.2) is 17.3 Å². The molecule has 2 aromatic heterocycles. The van der Waals surface area contributed by atoms with Crippen LogP contribution in [0.2, 0.25) is 0 Å². The van der Waals surface area contributed by atoms with Crippen molar-refractivity contribution < 1.29 is 9.47 Å². The van der Waals surface area contributed by atoms with Crippen LogP contribution in [0.25, 0.3) is 21.8 Å². The number of methoxy groups -OCH3 is 2. The Kier molecular flexibility index (Phi) is 4.38. The summed E-state index contributed by atoms with van der Waals surface area (Å²) < 4.78 is 13.0. The Balaban J connectivity index is 1.42. The van der Waals surface area contributed by atoms with Crippen molar-refractivity contribution >= 4 is 27.6 Å². The summed E-state index contributed by atoms with van der Waals surface area (Å²) in [7, 11) is 3.28. The van der Waals surface area contributed by atoms with Gasteiger partial charge >= 0.3 is 0 Å². The van der Waals surface area contributed by atoms with Gasteiger partial charge in [0.2, 0.25) is 0 Å². The molecule has 0 spiro atoms. The second-order valence-corrected chi connectivity index (χ2v) is 7.20. The third-order valence-corrected chi connectivity index (χ3v) is 5.63. The molecule has 1 aliphatic rings. The maximum absolute atomic E-state index is 5.48. The van der Waals surface area contributed by atoms with Crippen molar-refractivity contribution in [2.45, 2.75) is 18.9 Å². The van der Waals surface area contributed by atoms with Crippen LogP contribution in [0.5, 0.6) is 11.5 Å². The average Bonchev–Trinajstić information content (AvgIpc) is 3.22. The topological polar surface area (TPSA) is 78.2 Å². The predicted octanol–water partition coefficient (Wildman–Crippen LogP) is 3.23. The predicted molar refractivity (Wildman–Crippen MR) is 111 cm³/mol. The molecular formula is C21H22N6O2. The van der Waals surface area contributed by atoms with E-state index in [1.165, 1.54) is 0 Å². The van der Waals surface area contributed by atoms with Crippen molar-refractivity contribution in [2.75, 3.05) is 32.2 Å². The molecule has 0 atom stereocenters. The molecule has 0 saturated carbocycles. The largest absolute Gasteiger partial charge is 0.493 e. The van der Waals surface area contributed by atoms with Gasteiger partial charge in [0.1, 0.15) is 5.52 Å². The molecule has 4 aromatic rings. The third kappa shape index (κ3) is 3.00. The van der Waals surface area contributed by atoms with Crippen LogP contribution >= 0.6 is 0 Å². The highest BCUT2D eigenvalue weighted by Crippen LogP contribution is 2.36. The zero-order valence-corrected chi connectivity index (χ0v) is 16.4. The highest BCUT2D eigenvalue weighted by atomic mass is 16.5. The molecule has 1 aliphatic heterocycles. The number of fused-ring (bicyclic) bond motifs is 2. The van der Waals surface area contributed by atoms with Crippen LogP contribution < -0.4 is 14.4 Å². The molecule has 29 heavy (non-hydrogen) atoms. The van der Waals surface area contributed by atoms with Gasteiger partial charge in [0, 0.05) is 23.9 Å². The zero-order chi connectivity index (χ0) is 19.8. The Labute approximate surface area is 168 Å². The first-order valence-corrected chi connectivity index (χ1v) is 9.71. The van der Waals surface area contributed by atoms with Crippen LogP contribution in [0.1, 0.15) is 18.9 Å². The van der Waals surface area contributed by atoms with Crippen molar-refractivity contribution in [3.8, 4) is 11.5 Å². The van der Waals surface area contributed by atoms with Crippen molar-refractivity contribution in [2.24, 2.45) is 0 Å². The van der Waals surface area contributed by atoms with E-state index in [1.807, 2.05) is 30.3 Å². The molecule has 0 radical (unpaired) electrons. The van der Waals surface area contributed by atoms with Crippen LogP contribution in [0.15, 0.2) is 42.6 Å². The van der Waals surface area contributed by atoms with Crippen LogP contribution in [-0.2, 0) is 0 Å². The van der Waals surface area contributed by atoms with E-state index >= 15 is 0 Å². The second kappa shape index (κ2) is 7.20. The summed E-state index contributed by atoms with van der Waals surface area (Å²) in [6.45, 7) is 1.75. The molecule has 2 aromatic carbocycles. The Morgan fingerprint density at radius 2 is 1.72 bits per heavy atom. The molecule has 0 unspecified atom stereocenters. The Morgan fingerprint density at radius 1 is 0.966 bits per heavy atom. The van der Waals surface area contributed by atoms with Crippen LogP contribution in [-0.4, -0.2) is 52.5 Å². The molecular weight excluding hydrogens is 368 g/mol. The van der Waals surface area contributed by atoms with E-state index in [-0.39, 0.29) is 0 Å². The Bertz CT molecular complexity index is 1170. The molecule has 148 valence electrons. The molecule has 3 heterocycles. The molecule has 0 amide bonds. The number of piperidine rings is 1. The summed E-state index contributed by atoms with van der Waals surface area (Å²) in [5.41, 5.74) is 2.03. The van der Waals surface area contributed by atoms with Gasteiger partial charge in [-0.3, -0.25) is 0 Å².